The molecule has 3 atom stereocenters. The van der Waals surface area contributed by atoms with Gasteiger partial charge in [0.25, 0.3) is 5.91 Å². The second-order valence-corrected chi connectivity index (χ2v) is 6.10. The van der Waals surface area contributed by atoms with Gasteiger partial charge < -0.3 is 19.9 Å². The van der Waals surface area contributed by atoms with Crippen molar-refractivity contribution >= 4 is 17.2 Å². The van der Waals surface area contributed by atoms with Crippen LogP contribution in [0.4, 0.5) is 0 Å². The number of likely N-dealkylation sites (N-methyl/N-ethyl adjacent to an activating group) is 1. The highest BCUT2D eigenvalue weighted by molar-refractivity contribution is 7.10. The van der Waals surface area contributed by atoms with Gasteiger partial charge in [0.05, 0.1) is 0 Å². The zero-order chi connectivity index (χ0) is 15.9. The molecule has 0 fully saturated rings. The van der Waals surface area contributed by atoms with E-state index in [1.54, 1.807) is 18.4 Å². The summed E-state index contributed by atoms with van der Waals surface area (Å²) in [5.41, 5.74) is 0. The van der Waals surface area contributed by atoms with E-state index in [4.69, 9.17) is 14.6 Å². The van der Waals surface area contributed by atoms with Gasteiger partial charge in [-0.1, -0.05) is 6.07 Å². The highest BCUT2D eigenvalue weighted by Crippen LogP contribution is 2.40. The van der Waals surface area contributed by atoms with Gasteiger partial charge in [-0.05, 0) is 37.3 Å². The molecule has 0 unspecified atom stereocenters. The van der Waals surface area contributed by atoms with Crippen LogP contribution in [-0.2, 0) is 14.3 Å². The highest BCUT2D eigenvalue weighted by Gasteiger charge is 2.37. The topological polar surface area (TPSA) is 67.8 Å². The molecule has 5 nitrogen and oxygen atoms in total. The fraction of sp³-hybridized carbons (Fsp3) is 0.562. The first kappa shape index (κ1) is 17.0. The van der Waals surface area contributed by atoms with E-state index in [1.807, 2.05) is 24.4 Å². The minimum absolute atomic E-state index is 0.0594. The van der Waals surface area contributed by atoms with Gasteiger partial charge >= 0.3 is 0 Å². The van der Waals surface area contributed by atoms with Crippen LogP contribution in [0.2, 0.25) is 0 Å². The first-order valence-electron chi connectivity index (χ1n) is 7.57. The number of hydrogen-bond donors (Lipinski definition) is 2. The van der Waals surface area contributed by atoms with E-state index in [0.29, 0.717) is 18.8 Å². The number of ether oxygens (including phenoxy) is 2. The summed E-state index contributed by atoms with van der Waals surface area (Å²) in [4.78, 5) is 13.1. The van der Waals surface area contributed by atoms with Gasteiger partial charge in [-0.25, -0.2) is 0 Å². The summed E-state index contributed by atoms with van der Waals surface area (Å²) in [6, 6.07) is 4.06. The average molecular weight is 325 g/mol. The SMILES string of the molecule is CCO[C@H]1OC(C(=O)NC)=C[C@@H](c2cccs2)[C@H]1CCCO. The van der Waals surface area contributed by atoms with E-state index in [0.717, 1.165) is 6.42 Å². The molecule has 2 N–H and O–H groups in total. The predicted molar refractivity (Wildman–Crippen MR) is 85.5 cm³/mol. The largest absolute Gasteiger partial charge is 0.459 e. The number of carbonyl (C=O) groups excluding carboxylic acids is 1. The third-order valence-electron chi connectivity index (χ3n) is 3.73. The smallest absolute Gasteiger partial charge is 0.285 e. The summed E-state index contributed by atoms with van der Waals surface area (Å²) in [6.45, 7) is 2.56. The van der Waals surface area contributed by atoms with Crippen LogP contribution in [0.1, 0.15) is 30.6 Å². The molecule has 2 heterocycles. The van der Waals surface area contributed by atoms with E-state index >= 15 is 0 Å². The van der Waals surface area contributed by atoms with E-state index in [1.165, 1.54) is 4.88 Å². The lowest BCUT2D eigenvalue weighted by Crippen LogP contribution is -2.38. The quantitative estimate of drug-likeness (QED) is 0.807. The van der Waals surface area contributed by atoms with Gasteiger partial charge in [-0.2, -0.15) is 0 Å². The van der Waals surface area contributed by atoms with Gasteiger partial charge in [0.2, 0.25) is 6.29 Å². The zero-order valence-corrected chi connectivity index (χ0v) is 13.8. The van der Waals surface area contributed by atoms with Crippen molar-refractivity contribution in [2.45, 2.75) is 32.0 Å². The van der Waals surface area contributed by atoms with E-state index in [-0.39, 0.29) is 24.3 Å². The minimum Gasteiger partial charge on any atom is -0.459 e. The summed E-state index contributed by atoms with van der Waals surface area (Å²) < 4.78 is 11.5. The molecule has 6 heteroatoms. The second-order valence-electron chi connectivity index (χ2n) is 5.12. The number of aliphatic hydroxyl groups is 1. The standard InChI is InChI=1S/C16H23NO4S/c1-3-20-16-11(6-4-8-18)12(14-7-5-9-22-14)10-13(21-16)15(19)17-2/h5,7,9-12,16,18H,3-4,6,8H2,1-2H3,(H,17,19)/t11-,12-,16+/m1/s1. The van der Waals surface area contributed by atoms with Gasteiger partial charge in [0.1, 0.15) is 0 Å². The molecular weight excluding hydrogens is 302 g/mol. The maximum atomic E-state index is 12.0. The van der Waals surface area contributed by atoms with Crippen LogP contribution in [0.25, 0.3) is 0 Å². The van der Waals surface area contributed by atoms with Crippen LogP contribution in [0, 0.1) is 5.92 Å². The fourth-order valence-electron chi connectivity index (χ4n) is 2.70. The van der Waals surface area contributed by atoms with Crippen LogP contribution < -0.4 is 5.32 Å². The van der Waals surface area contributed by atoms with E-state index in [2.05, 4.69) is 11.4 Å². The van der Waals surface area contributed by atoms with Crippen LogP contribution in [0.15, 0.2) is 29.3 Å². The molecule has 2 rings (SSSR count). The first-order chi connectivity index (χ1) is 10.7. The predicted octanol–water partition coefficient (Wildman–Crippen LogP) is 2.24. The van der Waals surface area contributed by atoms with Gasteiger partial charge in [0, 0.05) is 37.0 Å². The summed E-state index contributed by atoms with van der Waals surface area (Å²) in [6.07, 6.45) is 2.87. The second kappa shape index (κ2) is 8.31. The summed E-state index contributed by atoms with van der Waals surface area (Å²) >= 11 is 1.66. The Morgan fingerprint density at radius 1 is 1.55 bits per heavy atom. The number of nitrogens with one attached hydrogen (secondary N) is 1. The Kier molecular flexibility index (Phi) is 6.42. The lowest BCUT2D eigenvalue weighted by atomic mass is 9.84. The molecule has 0 aromatic carbocycles. The summed E-state index contributed by atoms with van der Waals surface area (Å²) in [5, 5.41) is 13.8. The number of carbonyl (C=O) groups is 1. The van der Waals surface area contributed by atoms with Crippen LogP contribution in [0.3, 0.4) is 0 Å². The lowest BCUT2D eigenvalue weighted by molar-refractivity contribution is -0.166. The van der Waals surface area contributed by atoms with Crippen LogP contribution in [0.5, 0.6) is 0 Å². The maximum Gasteiger partial charge on any atom is 0.285 e. The van der Waals surface area contributed by atoms with E-state index in [9.17, 15) is 4.79 Å². The van der Waals surface area contributed by atoms with Crippen molar-refractivity contribution in [3.63, 3.8) is 0 Å². The molecule has 1 aliphatic heterocycles. The monoisotopic (exact) mass is 325 g/mol. The Morgan fingerprint density at radius 3 is 2.95 bits per heavy atom. The number of thiophene rings is 1. The molecule has 0 aliphatic carbocycles. The summed E-state index contributed by atoms with van der Waals surface area (Å²) in [7, 11) is 1.58. The van der Waals surface area contributed by atoms with Crippen molar-refractivity contribution in [3.8, 4) is 0 Å². The van der Waals surface area contributed by atoms with Crippen molar-refractivity contribution in [1.82, 2.24) is 5.32 Å². The van der Waals surface area contributed by atoms with Gasteiger partial charge in [-0.3, -0.25) is 4.79 Å². The third kappa shape index (κ3) is 3.88. The Labute approximate surface area is 134 Å². The summed E-state index contributed by atoms with van der Waals surface area (Å²) in [5.74, 6) is 0.203. The number of allylic oxidation sites excluding steroid dienone is 1. The third-order valence-corrected chi connectivity index (χ3v) is 4.71. The molecule has 0 spiro atoms. The highest BCUT2D eigenvalue weighted by atomic mass is 32.1. The van der Waals surface area contributed by atoms with E-state index < -0.39 is 6.29 Å². The molecule has 122 valence electrons. The van der Waals surface area contributed by atoms with Crippen molar-refractivity contribution in [1.29, 1.82) is 0 Å². The maximum absolute atomic E-state index is 12.0. The molecule has 0 saturated heterocycles. The zero-order valence-electron chi connectivity index (χ0n) is 13.0. The Bertz CT molecular complexity index is 500. The van der Waals surface area contributed by atoms with Gasteiger partial charge in [0.15, 0.2) is 5.76 Å². The molecule has 0 radical (unpaired) electrons. The molecule has 1 amide bonds. The number of aliphatic hydroxyl groups excluding tert-OH is 1. The number of rotatable bonds is 7. The Morgan fingerprint density at radius 2 is 2.36 bits per heavy atom. The molecular formula is C16H23NO4S. The Hall–Kier alpha value is -1.37. The fourth-order valence-corrected chi connectivity index (χ4v) is 3.57. The van der Waals surface area contributed by atoms with Crippen LogP contribution in [-0.4, -0.2) is 37.6 Å². The molecule has 0 bridgehead atoms. The molecule has 1 aromatic rings. The Balaban J connectivity index is 2.33. The molecule has 0 saturated carbocycles. The minimum atomic E-state index is -0.471. The van der Waals surface area contributed by atoms with Crippen molar-refractivity contribution in [3.05, 3.63) is 34.2 Å². The molecule has 1 aliphatic rings. The van der Waals surface area contributed by atoms with Crippen LogP contribution >= 0.6 is 11.3 Å². The molecule has 22 heavy (non-hydrogen) atoms. The number of amides is 1. The normalized spacial score (nSPS) is 24.5. The van der Waals surface area contributed by atoms with Crippen molar-refractivity contribution < 1.29 is 19.4 Å². The first-order valence-corrected chi connectivity index (χ1v) is 8.45. The molecule has 1 aromatic heterocycles. The van der Waals surface area contributed by atoms with Gasteiger partial charge in [-0.15, -0.1) is 11.3 Å². The van der Waals surface area contributed by atoms with Crippen molar-refractivity contribution in [2.24, 2.45) is 5.92 Å². The lowest BCUT2D eigenvalue weighted by Gasteiger charge is -2.36. The average Bonchev–Trinajstić information content (AvgIpc) is 3.06. The number of hydrogen-bond acceptors (Lipinski definition) is 5. The van der Waals surface area contributed by atoms with Crippen molar-refractivity contribution in [2.75, 3.05) is 20.3 Å².